The van der Waals surface area contributed by atoms with Crippen LogP contribution < -0.4 is 10.9 Å². The lowest BCUT2D eigenvalue weighted by atomic mass is 10.1. The number of hydrogen-bond acceptors (Lipinski definition) is 4. The Morgan fingerprint density at radius 1 is 1.14 bits per heavy atom. The van der Waals surface area contributed by atoms with E-state index in [1.165, 1.54) is 0 Å². The van der Waals surface area contributed by atoms with Gasteiger partial charge in [-0.3, -0.25) is 9.48 Å². The SMILES string of the molecule is Cn1nc(C(F)(F)F)c(Cl)c1C(=O)Nc1ccc2c(C(F)(F)F)cc(=O)oc2c1. The number of fused-ring (bicyclic) bond motifs is 1. The molecule has 6 nitrogen and oxygen atoms in total. The largest absolute Gasteiger partial charge is 0.436 e. The smallest absolute Gasteiger partial charge is 0.423 e. The van der Waals surface area contributed by atoms with Gasteiger partial charge in [0.1, 0.15) is 16.3 Å². The van der Waals surface area contributed by atoms with Gasteiger partial charge in [-0.15, -0.1) is 0 Å². The molecule has 0 aliphatic rings. The number of hydrogen-bond donors (Lipinski definition) is 1. The quantitative estimate of drug-likeness (QED) is 0.472. The van der Waals surface area contributed by atoms with Crippen molar-refractivity contribution in [1.29, 1.82) is 0 Å². The third-order valence-electron chi connectivity index (χ3n) is 3.78. The van der Waals surface area contributed by atoms with E-state index in [0.717, 1.165) is 25.2 Å². The van der Waals surface area contributed by atoms with E-state index in [4.69, 9.17) is 16.0 Å². The molecule has 0 saturated heterocycles. The van der Waals surface area contributed by atoms with Crippen molar-refractivity contribution in [2.75, 3.05) is 5.32 Å². The molecule has 3 aromatic rings. The molecule has 3 rings (SSSR count). The topological polar surface area (TPSA) is 77.1 Å². The second-order valence-electron chi connectivity index (χ2n) is 5.77. The van der Waals surface area contributed by atoms with E-state index in [-0.39, 0.29) is 11.8 Å². The lowest BCUT2D eigenvalue weighted by Gasteiger charge is -2.11. The average molecular weight is 440 g/mol. The van der Waals surface area contributed by atoms with Crippen LogP contribution in [0.25, 0.3) is 11.0 Å². The van der Waals surface area contributed by atoms with Crippen LogP contribution in [-0.4, -0.2) is 15.7 Å². The predicted octanol–water partition coefficient (Wildman–Crippen LogP) is 4.47. The molecule has 154 valence electrons. The minimum atomic E-state index is -4.90. The second-order valence-corrected chi connectivity index (χ2v) is 6.15. The van der Waals surface area contributed by atoms with E-state index < -0.39 is 56.8 Å². The van der Waals surface area contributed by atoms with E-state index in [1.54, 1.807) is 0 Å². The Kier molecular flexibility index (Phi) is 4.85. The van der Waals surface area contributed by atoms with Gasteiger partial charge in [0.25, 0.3) is 5.91 Å². The third-order valence-corrected chi connectivity index (χ3v) is 4.14. The highest BCUT2D eigenvalue weighted by Crippen LogP contribution is 2.36. The van der Waals surface area contributed by atoms with Gasteiger partial charge in [-0.05, 0) is 12.1 Å². The molecule has 0 aliphatic heterocycles. The molecule has 13 heteroatoms. The van der Waals surface area contributed by atoms with Crippen molar-refractivity contribution in [1.82, 2.24) is 9.78 Å². The molecule has 0 bridgehead atoms. The van der Waals surface area contributed by atoms with Crippen LogP contribution in [0.3, 0.4) is 0 Å². The van der Waals surface area contributed by atoms with Gasteiger partial charge in [0.05, 0.1) is 5.56 Å². The van der Waals surface area contributed by atoms with Gasteiger partial charge < -0.3 is 9.73 Å². The number of aromatic nitrogens is 2. The van der Waals surface area contributed by atoms with Crippen LogP contribution in [-0.2, 0) is 19.4 Å². The summed E-state index contributed by atoms with van der Waals surface area (Å²) in [5.74, 6) is -1.10. The van der Waals surface area contributed by atoms with Crippen molar-refractivity contribution in [2.24, 2.45) is 7.05 Å². The molecule has 0 radical (unpaired) electrons. The zero-order chi connectivity index (χ0) is 21.7. The number of carbonyl (C=O) groups is 1. The number of benzene rings is 1. The van der Waals surface area contributed by atoms with Crippen LogP contribution in [0, 0.1) is 0 Å². The van der Waals surface area contributed by atoms with Crippen molar-refractivity contribution in [3.8, 4) is 0 Å². The van der Waals surface area contributed by atoms with E-state index in [0.29, 0.717) is 4.68 Å². The number of nitrogens with one attached hydrogen (secondary N) is 1. The molecule has 0 saturated carbocycles. The lowest BCUT2D eigenvalue weighted by molar-refractivity contribution is -0.141. The first-order chi connectivity index (χ1) is 13.3. The normalized spacial score (nSPS) is 12.4. The van der Waals surface area contributed by atoms with E-state index in [2.05, 4.69) is 10.4 Å². The van der Waals surface area contributed by atoms with E-state index >= 15 is 0 Å². The van der Waals surface area contributed by atoms with Crippen molar-refractivity contribution in [3.05, 3.63) is 56.7 Å². The van der Waals surface area contributed by atoms with E-state index in [9.17, 15) is 35.9 Å². The standard InChI is InChI=1S/C16H8ClF6N3O3/c1-26-12(11(17)13(25-26)16(21,22)23)14(28)24-6-2-3-7-8(15(18,19)20)5-10(27)29-9(7)4-6/h2-5H,1H3,(H,24,28). The van der Waals surface area contributed by atoms with Gasteiger partial charge in [0, 0.05) is 30.3 Å². The van der Waals surface area contributed by atoms with Crippen LogP contribution in [0.5, 0.6) is 0 Å². The lowest BCUT2D eigenvalue weighted by Crippen LogP contribution is -2.17. The van der Waals surface area contributed by atoms with Crippen LogP contribution in [0.15, 0.2) is 33.5 Å². The predicted molar refractivity (Wildman–Crippen MR) is 88.7 cm³/mol. The molecule has 0 aliphatic carbocycles. The molecule has 1 amide bonds. The number of alkyl halides is 6. The Morgan fingerprint density at radius 3 is 2.34 bits per heavy atom. The van der Waals surface area contributed by atoms with Crippen molar-refractivity contribution >= 4 is 34.2 Å². The fourth-order valence-electron chi connectivity index (χ4n) is 2.59. The summed E-state index contributed by atoms with van der Waals surface area (Å²) in [5.41, 5.74) is -5.20. The van der Waals surface area contributed by atoms with Gasteiger partial charge in [0.15, 0.2) is 5.69 Å². The zero-order valence-electron chi connectivity index (χ0n) is 14.1. The number of aryl methyl sites for hydroxylation is 1. The summed E-state index contributed by atoms with van der Waals surface area (Å²) in [5, 5.41) is 3.96. The first-order valence-corrected chi connectivity index (χ1v) is 7.93. The monoisotopic (exact) mass is 439 g/mol. The molecular formula is C16H8ClF6N3O3. The maximum Gasteiger partial charge on any atom is 0.436 e. The van der Waals surface area contributed by atoms with Crippen molar-refractivity contribution in [2.45, 2.75) is 12.4 Å². The molecule has 2 heterocycles. The minimum Gasteiger partial charge on any atom is -0.423 e. The molecule has 0 spiro atoms. The number of nitrogens with zero attached hydrogens (tertiary/aromatic N) is 2. The summed E-state index contributed by atoms with van der Waals surface area (Å²) in [6.07, 6.45) is -9.72. The summed E-state index contributed by atoms with van der Waals surface area (Å²) >= 11 is 5.61. The molecular weight excluding hydrogens is 432 g/mol. The van der Waals surface area contributed by atoms with E-state index in [1.807, 2.05) is 0 Å². The maximum atomic E-state index is 13.1. The van der Waals surface area contributed by atoms with Crippen LogP contribution >= 0.6 is 11.6 Å². The Morgan fingerprint density at radius 2 is 1.79 bits per heavy atom. The van der Waals surface area contributed by atoms with Crippen LogP contribution in [0.2, 0.25) is 5.02 Å². The number of rotatable bonds is 2. The maximum absolute atomic E-state index is 13.1. The molecule has 1 aromatic carbocycles. The Labute approximate surface area is 161 Å². The summed E-state index contributed by atoms with van der Waals surface area (Å²) in [6.45, 7) is 0. The highest BCUT2D eigenvalue weighted by molar-refractivity contribution is 6.34. The fraction of sp³-hybridized carbons (Fsp3) is 0.188. The van der Waals surface area contributed by atoms with Gasteiger partial charge in [0.2, 0.25) is 0 Å². The highest BCUT2D eigenvalue weighted by Gasteiger charge is 2.40. The number of carbonyl (C=O) groups excluding carboxylic acids is 1. The highest BCUT2D eigenvalue weighted by atomic mass is 35.5. The summed E-state index contributed by atoms with van der Waals surface area (Å²) in [6, 6.07) is 3.22. The molecule has 0 fully saturated rings. The fourth-order valence-corrected chi connectivity index (χ4v) is 2.94. The van der Waals surface area contributed by atoms with Gasteiger partial charge in [-0.2, -0.15) is 31.4 Å². The van der Waals surface area contributed by atoms with Gasteiger partial charge in [-0.1, -0.05) is 11.6 Å². The Bertz CT molecular complexity index is 1180. The zero-order valence-corrected chi connectivity index (χ0v) is 14.8. The van der Waals surface area contributed by atoms with Gasteiger partial charge >= 0.3 is 18.0 Å². The van der Waals surface area contributed by atoms with Crippen molar-refractivity contribution < 1.29 is 35.6 Å². The summed E-state index contributed by atoms with van der Waals surface area (Å²) in [4.78, 5) is 23.7. The average Bonchev–Trinajstić information content (AvgIpc) is 2.87. The van der Waals surface area contributed by atoms with Crippen LogP contribution in [0.4, 0.5) is 32.0 Å². The number of amides is 1. The molecule has 1 N–H and O–H groups in total. The second kappa shape index (κ2) is 6.79. The first-order valence-electron chi connectivity index (χ1n) is 7.55. The summed E-state index contributed by atoms with van der Waals surface area (Å²) in [7, 11) is 1.06. The number of anilines is 1. The first kappa shape index (κ1) is 20.7. The molecule has 2 aromatic heterocycles. The Balaban J connectivity index is 2.01. The van der Waals surface area contributed by atoms with Gasteiger partial charge in [-0.25, -0.2) is 4.79 Å². The number of halogens is 7. The summed E-state index contributed by atoms with van der Waals surface area (Å²) < 4.78 is 83.0. The Hall–Kier alpha value is -3.02. The van der Waals surface area contributed by atoms with Crippen LogP contribution in [0.1, 0.15) is 21.7 Å². The molecule has 0 unspecified atom stereocenters. The third kappa shape index (κ3) is 3.92. The molecule has 0 atom stereocenters. The molecule has 29 heavy (non-hydrogen) atoms. The van der Waals surface area contributed by atoms with Crippen molar-refractivity contribution in [3.63, 3.8) is 0 Å². The minimum absolute atomic E-state index is 0.143.